The smallest absolute Gasteiger partial charge is 0.143 e. The van der Waals surface area contributed by atoms with E-state index < -0.39 is 0 Å². The molecule has 0 fully saturated rings. The summed E-state index contributed by atoms with van der Waals surface area (Å²) in [5.41, 5.74) is 13.5. The Kier molecular flexibility index (Phi) is 5.96. The fourth-order valence-electron chi connectivity index (χ4n) is 8.21. The topological polar surface area (TPSA) is 23.0 Å². The summed E-state index contributed by atoms with van der Waals surface area (Å²) < 4.78 is 11.2. The molecule has 51 heavy (non-hydrogen) atoms. The molecule has 238 valence electrons. The first-order valence-electron chi connectivity index (χ1n) is 17.4. The van der Waals surface area contributed by atoms with E-state index in [0.29, 0.717) is 0 Å². The zero-order valence-electron chi connectivity index (χ0n) is 27.6. The number of hydrogen-bond donors (Lipinski definition) is 0. The molecule has 0 amide bonds. The lowest BCUT2D eigenvalue weighted by Gasteiger charge is -2.12. The predicted molar refractivity (Wildman–Crippen MR) is 213 cm³/mol. The van der Waals surface area contributed by atoms with Crippen LogP contribution in [0.3, 0.4) is 0 Å². The highest BCUT2D eigenvalue weighted by molar-refractivity contribution is 6.19. The summed E-state index contributed by atoms with van der Waals surface area (Å²) in [6, 6.07) is 65.5. The average molecular weight is 651 g/mol. The third-order valence-electron chi connectivity index (χ3n) is 10.5. The van der Waals surface area contributed by atoms with Gasteiger partial charge in [-0.05, 0) is 71.3 Å². The van der Waals surface area contributed by atoms with Crippen molar-refractivity contribution in [1.82, 2.24) is 9.13 Å². The molecule has 0 radical (unpaired) electrons. The van der Waals surface area contributed by atoms with Gasteiger partial charge in [0.15, 0.2) is 0 Å². The Hall–Kier alpha value is -6.84. The number of hydrogen-bond acceptors (Lipinski definition) is 1. The lowest BCUT2D eigenvalue weighted by atomic mass is 10.0. The number of para-hydroxylation sites is 4. The molecular formula is C48H30N2O. The number of aromatic nitrogens is 2. The molecule has 0 saturated carbocycles. The van der Waals surface area contributed by atoms with Crippen LogP contribution in [0.1, 0.15) is 0 Å². The molecule has 0 saturated heterocycles. The summed E-state index contributed by atoms with van der Waals surface area (Å²) in [5.74, 6) is 0. The fourth-order valence-corrected chi connectivity index (χ4v) is 8.21. The van der Waals surface area contributed by atoms with Crippen molar-refractivity contribution in [3.63, 3.8) is 0 Å². The zero-order chi connectivity index (χ0) is 33.5. The molecule has 0 aliphatic carbocycles. The summed E-state index contributed by atoms with van der Waals surface area (Å²) in [4.78, 5) is 0. The fraction of sp³-hybridized carbons (Fsp3) is 0. The third kappa shape index (κ3) is 4.19. The molecule has 11 rings (SSSR count). The normalized spacial score (nSPS) is 11.9. The number of furan rings is 1. The predicted octanol–water partition coefficient (Wildman–Crippen LogP) is 13.1. The molecule has 0 bridgehead atoms. The van der Waals surface area contributed by atoms with Gasteiger partial charge in [0.2, 0.25) is 0 Å². The second-order valence-corrected chi connectivity index (χ2v) is 13.3. The molecule has 11 aromatic rings. The number of nitrogens with zero attached hydrogens (tertiary/aromatic N) is 2. The van der Waals surface area contributed by atoms with Crippen molar-refractivity contribution in [2.24, 2.45) is 0 Å². The van der Waals surface area contributed by atoms with E-state index in [1.807, 2.05) is 12.1 Å². The Balaban J connectivity index is 1.13. The Morgan fingerprint density at radius 1 is 0.314 bits per heavy atom. The number of rotatable bonds is 4. The highest BCUT2D eigenvalue weighted by Gasteiger charge is 2.19. The van der Waals surface area contributed by atoms with Crippen molar-refractivity contribution in [2.45, 2.75) is 0 Å². The Bertz CT molecular complexity index is 3120. The molecule has 0 aliphatic rings. The minimum absolute atomic E-state index is 0.914. The summed E-state index contributed by atoms with van der Waals surface area (Å²) in [6.07, 6.45) is 0. The van der Waals surface area contributed by atoms with E-state index in [0.717, 1.165) is 44.4 Å². The summed E-state index contributed by atoms with van der Waals surface area (Å²) >= 11 is 0. The molecule has 3 aromatic heterocycles. The van der Waals surface area contributed by atoms with Gasteiger partial charge in [-0.25, -0.2) is 0 Å². The standard InChI is InChI=1S/C48H30N2O/c1-2-12-31(13-3-1)33-14-10-15-35(28-33)50-44-22-8-5-17-38(44)42-29-41-37-16-4-7-21-43(37)49(45(41)30-46(42)50)34-26-24-32(25-27-34)36-19-11-20-40-39-18-6-9-23-47(39)51-48(36)40/h1-30H. The van der Waals surface area contributed by atoms with Crippen LogP contribution in [0.5, 0.6) is 0 Å². The van der Waals surface area contributed by atoms with Gasteiger partial charge in [0.1, 0.15) is 11.2 Å². The van der Waals surface area contributed by atoms with Crippen LogP contribution in [0.4, 0.5) is 0 Å². The Labute approximate surface area is 293 Å². The van der Waals surface area contributed by atoms with Crippen molar-refractivity contribution in [3.8, 4) is 33.6 Å². The zero-order valence-corrected chi connectivity index (χ0v) is 27.6. The first-order chi connectivity index (χ1) is 25.3. The Morgan fingerprint density at radius 2 is 0.902 bits per heavy atom. The van der Waals surface area contributed by atoms with Gasteiger partial charge in [-0.3, -0.25) is 0 Å². The molecule has 0 atom stereocenters. The van der Waals surface area contributed by atoms with E-state index in [9.17, 15) is 0 Å². The van der Waals surface area contributed by atoms with Crippen LogP contribution >= 0.6 is 0 Å². The van der Waals surface area contributed by atoms with Crippen LogP contribution in [0, 0.1) is 0 Å². The van der Waals surface area contributed by atoms with Gasteiger partial charge in [0, 0.05) is 49.3 Å². The van der Waals surface area contributed by atoms with E-state index in [2.05, 4.69) is 179 Å². The van der Waals surface area contributed by atoms with Crippen molar-refractivity contribution in [1.29, 1.82) is 0 Å². The van der Waals surface area contributed by atoms with Gasteiger partial charge in [-0.2, -0.15) is 0 Å². The molecule has 0 unspecified atom stereocenters. The first kappa shape index (κ1) is 28.0. The van der Waals surface area contributed by atoms with Gasteiger partial charge in [0.05, 0.1) is 22.1 Å². The molecule has 0 N–H and O–H groups in total. The summed E-state index contributed by atoms with van der Waals surface area (Å²) in [5, 5.41) is 7.28. The van der Waals surface area contributed by atoms with Gasteiger partial charge in [-0.15, -0.1) is 0 Å². The summed E-state index contributed by atoms with van der Waals surface area (Å²) in [6.45, 7) is 0. The molecule has 8 aromatic carbocycles. The summed E-state index contributed by atoms with van der Waals surface area (Å²) in [7, 11) is 0. The number of fused-ring (bicyclic) bond motifs is 9. The lowest BCUT2D eigenvalue weighted by Crippen LogP contribution is -1.96. The van der Waals surface area contributed by atoms with Crippen LogP contribution in [-0.2, 0) is 0 Å². The maximum Gasteiger partial charge on any atom is 0.143 e. The van der Waals surface area contributed by atoms with Gasteiger partial charge >= 0.3 is 0 Å². The SMILES string of the molecule is c1ccc(-c2cccc(-n3c4ccccc4c4cc5c6ccccc6n(-c6ccc(-c7cccc8c7oc7ccccc78)cc6)c5cc43)c2)cc1. The highest BCUT2D eigenvalue weighted by atomic mass is 16.3. The van der Waals surface area contributed by atoms with Gasteiger partial charge in [-0.1, -0.05) is 127 Å². The highest BCUT2D eigenvalue weighted by Crippen LogP contribution is 2.41. The van der Waals surface area contributed by atoms with Crippen LogP contribution in [-0.4, -0.2) is 9.13 Å². The Morgan fingerprint density at radius 3 is 1.65 bits per heavy atom. The molecule has 0 aliphatic heterocycles. The second-order valence-electron chi connectivity index (χ2n) is 13.3. The van der Waals surface area contributed by atoms with Gasteiger partial charge < -0.3 is 13.6 Å². The van der Waals surface area contributed by atoms with E-state index in [1.54, 1.807) is 0 Å². The third-order valence-corrected chi connectivity index (χ3v) is 10.5. The van der Waals surface area contributed by atoms with Crippen molar-refractivity contribution >= 4 is 65.6 Å². The van der Waals surface area contributed by atoms with Crippen molar-refractivity contribution in [3.05, 3.63) is 182 Å². The molecule has 3 heterocycles. The first-order valence-corrected chi connectivity index (χ1v) is 17.4. The van der Waals surface area contributed by atoms with Crippen molar-refractivity contribution < 1.29 is 4.42 Å². The quantitative estimate of drug-likeness (QED) is 0.186. The van der Waals surface area contributed by atoms with Gasteiger partial charge in [0.25, 0.3) is 0 Å². The minimum atomic E-state index is 0.914. The van der Waals surface area contributed by atoms with Crippen LogP contribution in [0.2, 0.25) is 0 Å². The largest absolute Gasteiger partial charge is 0.455 e. The van der Waals surface area contributed by atoms with E-state index in [4.69, 9.17) is 4.42 Å². The van der Waals surface area contributed by atoms with Crippen LogP contribution in [0.25, 0.3) is 99.2 Å². The maximum atomic E-state index is 6.39. The lowest BCUT2D eigenvalue weighted by molar-refractivity contribution is 0.670. The van der Waals surface area contributed by atoms with Crippen LogP contribution < -0.4 is 0 Å². The average Bonchev–Trinajstić information content (AvgIpc) is 3.85. The minimum Gasteiger partial charge on any atom is -0.455 e. The van der Waals surface area contributed by atoms with E-state index >= 15 is 0 Å². The van der Waals surface area contributed by atoms with E-state index in [1.165, 1.54) is 54.7 Å². The van der Waals surface area contributed by atoms with Crippen molar-refractivity contribution in [2.75, 3.05) is 0 Å². The van der Waals surface area contributed by atoms with E-state index in [-0.39, 0.29) is 0 Å². The molecule has 3 nitrogen and oxygen atoms in total. The molecule has 0 spiro atoms. The molecule has 3 heteroatoms. The number of benzene rings is 8. The van der Waals surface area contributed by atoms with Crippen LogP contribution in [0.15, 0.2) is 186 Å². The second kappa shape index (κ2) is 10.8. The molecular weight excluding hydrogens is 621 g/mol. The maximum absolute atomic E-state index is 6.39. The monoisotopic (exact) mass is 650 g/mol.